The van der Waals surface area contributed by atoms with E-state index in [0.29, 0.717) is 6.61 Å². The molecule has 3 rings (SSSR count). The summed E-state index contributed by atoms with van der Waals surface area (Å²) in [6, 6.07) is 12.6. The largest absolute Gasteiger partial charge is 0.497 e. The summed E-state index contributed by atoms with van der Waals surface area (Å²) in [6.07, 6.45) is 0.739. The van der Waals surface area contributed by atoms with E-state index in [-0.39, 0.29) is 17.5 Å². The zero-order chi connectivity index (χ0) is 18.7. The molecule has 0 fully saturated rings. The second-order valence-corrected chi connectivity index (χ2v) is 8.24. The first-order valence-corrected chi connectivity index (χ1v) is 9.95. The van der Waals surface area contributed by atoms with Gasteiger partial charge in [0, 0.05) is 19.0 Å². The number of nitrogens with one attached hydrogen (secondary N) is 1. The number of ether oxygens (including phenoxy) is 2. The molecule has 1 heterocycles. The third-order valence-corrected chi connectivity index (χ3v) is 5.96. The Morgan fingerprint density at radius 1 is 1.23 bits per heavy atom. The number of hydrogen-bond acceptors (Lipinski definition) is 5. The van der Waals surface area contributed by atoms with Gasteiger partial charge < -0.3 is 14.4 Å². The van der Waals surface area contributed by atoms with E-state index in [0.717, 1.165) is 29.0 Å². The minimum atomic E-state index is -3.60. The second kappa shape index (κ2) is 7.65. The Kier molecular flexibility index (Phi) is 5.50. The van der Waals surface area contributed by atoms with E-state index in [2.05, 4.69) is 4.72 Å². The van der Waals surface area contributed by atoms with Crippen molar-refractivity contribution in [2.45, 2.75) is 17.4 Å². The molecule has 1 aliphatic heterocycles. The lowest BCUT2D eigenvalue weighted by atomic mass is 10.1. The molecule has 0 saturated heterocycles. The van der Waals surface area contributed by atoms with Crippen molar-refractivity contribution in [3.05, 3.63) is 53.6 Å². The molecule has 6 nitrogen and oxygen atoms in total. The van der Waals surface area contributed by atoms with Crippen molar-refractivity contribution in [1.29, 1.82) is 0 Å². The number of sulfonamides is 1. The van der Waals surface area contributed by atoms with Gasteiger partial charge in [-0.25, -0.2) is 13.1 Å². The first-order chi connectivity index (χ1) is 12.4. The van der Waals surface area contributed by atoms with E-state index >= 15 is 0 Å². The molecule has 1 N–H and O–H groups in total. The molecule has 1 aliphatic rings. The van der Waals surface area contributed by atoms with Crippen molar-refractivity contribution >= 4 is 10.0 Å². The van der Waals surface area contributed by atoms with Crippen molar-refractivity contribution < 1.29 is 17.9 Å². The molecule has 0 aromatic heterocycles. The Balaban J connectivity index is 1.78. The number of likely N-dealkylation sites (N-methyl/N-ethyl adjacent to an activating group) is 1. The van der Waals surface area contributed by atoms with Gasteiger partial charge >= 0.3 is 0 Å². The van der Waals surface area contributed by atoms with Crippen LogP contribution >= 0.6 is 0 Å². The zero-order valence-electron chi connectivity index (χ0n) is 15.2. The Labute approximate surface area is 154 Å². The molecular formula is C19H24N2O4S. The lowest BCUT2D eigenvalue weighted by molar-refractivity contribution is 0.298. The molecule has 0 unspecified atom stereocenters. The summed E-state index contributed by atoms with van der Waals surface area (Å²) in [6.45, 7) is 0.862. The highest BCUT2D eigenvalue weighted by Gasteiger charge is 2.22. The molecule has 140 valence electrons. The van der Waals surface area contributed by atoms with Crippen LogP contribution in [0, 0.1) is 0 Å². The highest BCUT2D eigenvalue weighted by atomic mass is 32.2. The molecular weight excluding hydrogens is 352 g/mol. The molecule has 0 aliphatic carbocycles. The van der Waals surface area contributed by atoms with Gasteiger partial charge in [-0.1, -0.05) is 12.1 Å². The molecule has 0 bridgehead atoms. The van der Waals surface area contributed by atoms with Crippen molar-refractivity contribution in [1.82, 2.24) is 9.62 Å². The number of methoxy groups -OCH3 is 1. The summed E-state index contributed by atoms with van der Waals surface area (Å²) in [4.78, 5) is 2.25. The fourth-order valence-electron chi connectivity index (χ4n) is 3.05. The summed E-state index contributed by atoms with van der Waals surface area (Å²) in [7, 11) is 1.86. The smallest absolute Gasteiger partial charge is 0.240 e. The maximum atomic E-state index is 12.7. The summed E-state index contributed by atoms with van der Waals surface area (Å²) in [5, 5.41) is 0. The number of benzene rings is 2. The highest BCUT2D eigenvalue weighted by Crippen LogP contribution is 2.28. The molecule has 2 aromatic carbocycles. The monoisotopic (exact) mass is 376 g/mol. The van der Waals surface area contributed by atoms with E-state index in [4.69, 9.17) is 9.47 Å². The highest BCUT2D eigenvalue weighted by molar-refractivity contribution is 7.89. The summed E-state index contributed by atoms with van der Waals surface area (Å²) < 4.78 is 38.9. The van der Waals surface area contributed by atoms with Gasteiger partial charge in [0.2, 0.25) is 10.0 Å². The van der Waals surface area contributed by atoms with Gasteiger partial charge in [0.25, 0.3) is 0 Å². The van der Waals surface area contributed by atoms with Crippen molar-refractivity contribution in [2.75, 3.05) is 34.4 Å². The van der Waals surface area contributed by atoms with Gasteiger partial charge in [-0.15, -0.1) is 0 Å². The maximum Gasteiger partial charge on any atom is 0.240 e. The van der Waals surface area contributed by atoms with Gasteiger partial charge in [0.15, 0.2) is 0 Å². The van der Waals surface area contributed by atoms with E-state index in [1.165, 1.54) is 0 Å². The van der Waals surface area contributed by atoms with Gasteiger partial charge in [-0.3, -0.25) is 0 Å². The minimum Gasteiger partial charge on any atom is -0.497 e. The quantitative estimate of drug-likeness (QED) is 0.802. The van der Waals surface area contributed by atoms with Gasteiger partial charge in [0.1, 0.15) is 11.5 Å². The third kappa shape index (κ3) is 4.00. The SMILES string of the molecule is COc1cccc([C@H](CNS(=O)(=O)c2ccc3c(c2)CCO3)N(C)C)c1. The number of rotatable bonds is 7. The minimum absolute atomic E-state index is 0.113. The Morgan fingerprint density at radius 2 is 2.04 bits per heavy atom. The average molecular weight is 376 g/mol. The van der Waals surface area contributed by atoms with Crippen LogP contribution in [0.15, 0.2) is 47.4 Å². The van der Waals surface area contributed by atoms with Crippen LogP contribution in [0.4, 0.5) is 0 Å². The van der Waals surface area contributed by atoms with Crippen LogP contribution in [0.3, 0.4) is 0 Å². The van der Waals surface area contributed by atoms with Gasteiger partial charge in [-0.2, -0.15) is 0 Å². The van der Waals surface area contributed by atoms with E-state index < -0.39 is 10.0 Å². The zero-order valence-corrected chi connectivity index (χ0v) is 16.0. The Bertz CT molecular complexity index is 881. The molecule has 0 amide bonds. The Hall–Kier alpha value is -2.09. The maximum absolute atomic E-state index is 12.7. The molecule has 0 spiro atoms. The average Bonchev–Trinajstić information content (AvgIpc) is 3.09. The molecule has 1 atom stereocenters. The number of hydrogen-bond donors (Lipinski definition) is 1. The normalized spacial score (nSPS) is 14.8. The summed E-state index contributed by atoms with van der Waals surface area (Å²) in [5.74, 6) is 1.52. The first kappa shape index (κ1) is 18.7. The van der Waals surface area contributed by atoms with Gasteiger partial charge in [-0.05, 0) is 55.6 Å². The third-order valence-electron chi connectivity index (χ3n) is 4.54. The lowest BCUT2D eigenvalue weighted by Crippen LogP contribution is -2.34. The molecule has 2 aromatic rings. The standard InChI is InChI=1S/C19H24N2O4S/c1-21(2)18(14-5-4-6-16(11-14)24-3)13-20-26(22,23)17-7-8-19-15(12-17)9-10-25-19/h4-8,11-12,18,20H,9-10,13H2,1-3H3/t18-/m0/s1. The molecule has 26 heavy (non-hydrogen) atoms. The van der Waals surface area contributed by atoms with Crippen molar-refractivity contribution in [2.24, 2.45) is 0 Å². The van der Waals surface area contributed by atoms with Crippen LogP contribution in [0.25, 0.3) is 0 Å². The van der Waals surface area contributed by atoms with Crippen LogP contribution in [0.2, 0.25) is 0 Å². The second-order valence-electron chi connectivity index (χ2n) is 6.48. The lowest BCUT2D eigenvalue weighted by Gasteiger charge is -2.25. The Morgan fingerprint density at radius 3 is 2.77 bits per heavy atom. The predicted molar refractivity (Wildman–Crippen MR) is 100 cm³/mol. The van der Waals surface area contributed by atoms with Gasteiger partial charge in [0.05, 0.1) is 18.6 Å². The first-order valence-electron chi connectivity index (χ1n) is 8.46. The van der Waals surface area contributed by atoms with Crippen LogP contribution in [0.5, 0.6) is 11.5 Å². The van der Waals surface area contributed by atoms with Crippen molar-refractivity contribution in [3.8, 4) is 11.5 Å². The summed E-state index contributed by atoms with van der Waals surface area (Å²) >= 11 is 0. The van der Waals surface area contributed by atoms with Crippen LogP contribution < -0.4 is 14.2 Å². The predicted octanol–water partition coefficient (Wildman–Crippen LogP) is 2.21. The van der Waals surface area contributed by atoms with Crippen LogP contribution in [-0.4, -0.2) is 47.7 Å². The van der Waals surface area contributed by atoms with Crippen LogP contribution in [0.1, 0.15) is 17.2 Å². The fraction of sp³-hybridized carbons (Fsp3) is 0.368. The van der Waals surface area contributed by atoms with E-state index in [1.807, 2.05) is 43.3 Å². The molecule has 7 heteroatoms. The molecule has 0 radical (unpaired) electrons. The fourth-order valence-corrected chi connectivity index (χ4v) is 4.14. The summed E-state index contributed by atoms with van der Waals surface area (Å²) in [5.41, 5.74) is 1.92. The van der Waals surface area contributed by atoms with Crippen molar-refractivity contribution in [3.63, 3.8) is 0 Å². The van der Waals surface area contributed by atoms with E-state index in [1.54, 1.807) is 25.3 Å². The van der Waals surface area contributed by atoms with E-state index in [9.17, 15) is 8.42 Å². The van der Waals surface area contributed by atoms with Crippen LogP contribution in [-0.2, 0) is 16.4 Å². The molecule has 0 saturated carbocycles. The number of nitrogens with zero attached hydrogens (tertiary/aromatic N) is 1. The topological polar surface area (TPSA) is 67.9 Å². The number of fused-ring (bicyclic) bond motifs is 1.